The maximum absolute atomic E-state index is 11.6. The summed E-state index contributed by atoms with van der Waals surface area (Å²) in [6, 6.07) is 0. The highest BCUT2D eigenvalue weighted by Crippen LogP contribution is 2.30. The van der Waals surface area contributed by atoms with Crippen LogP contribution in [0.5, 0.6) is 0 Å². The second-order valence-corrected chi connectivity index (χ2v) is 7.47. The Morgan fingerprint density at radius 3 is 2.17 bits per heavy atom. The summed E-state index contributed by atoms with van der Waals surface area (Å²) >= 11 is 0. The van der Waals surface area contributed by atoms with Crippen molar-refractivity contribution in [1.29, 1.82) is 0 Å². The minimum absolute atomic E-state index is 0.0171. The molecule has 0 bridgehead atoms. The van der Waals surface area contributed by atoms with E-state index in [1.165, 1.54) is 10.9 Å². The number of aromatic nitrogens is 4. The van der Waals surface area contributed by atoms with Gasteiger partial charge < -0.3 is 50.0 Å². The molecule has 0 saturated carbocycles. The summed E-state index contributed by atoms with van der Waals surface area (Å²) in [7, 11) is -9.28. The van der Waals surface area contributed by atoms with Crippen LogP contribution in [0.1, 0.15) is 12.6 Å². The summed E-state index contributed by atoms with van der Waals surface area (Å²) in [4.78, 5) is 65.1. The minimum Gasteiger partial charge on any atom is -0.394 e. The van der Waals surface area contributed by atoms with Gasteiger partial charge in [-0.15, -0.1) is 0 Å². The van der Waals surface area contributed by atoms with Gasteiger partial charge in [-0.1, -0.05) is 0 Å². The third-order valence-corrected chi connectivity index (χ3v) is 3.15. The lowest BCUT2D eigenvalue weighted by molar-refractivity contribution is -0.0432. The summed E-state index contributed by atoms with van der Waals surface area (Å²) in [5, 5.41) is 18.8. The van der Waals surface area contributed by atoms with Crippen molar-refractivity contribution in [2.45, 2.75) is 24.9 Å². The normalized spacial score (nSPS) is 21.9. The van der Waals surface area contributed by atoms with Crippen LogP contribution in [-0.4, -0.2) is 77.9 Å². The molecule has 3 heterocycles. The van der Waals surface area contributed by atoms with Crippen molar-refractivity contribution in [2.24, 2.45) is 0 Å². The van der Waals surface area contributed by atoms with Crippen LogP contribution in [-0.2, 0) is 13.9 Å². The number of hydrogen-bond donors (Lipinski definition) is 10. The molecular formula is C10H19N5O12P2. The number of fused-ring (bicyclic) bond motifs is 1. The summed E-state index contributed by atoms with van der Waals surface area (Å²) in [5.41, 5.74) is 5.50. The number of H-pyrrole nitrogens is 1. The van der Waals surface area contributed by atoms with Crippen LogP contribution < -0.4 is 11.3 Å². The predicted molar refractivity (Wildman–Crippen MR) is 92.7 cm³/mol. The van der Waals surface area contributed by atoms with Gasteiger partial charge in [0.2, 0.25) is 5.95 Å². The Bertz CT molecular complexity index is 929. The van der Waals surface area contributed by atoms with Gasteiger partial charge in [-0.25, -0.2) is 14.1 Å². The number of nitrogens with zero attached hydrogens (tertiary/aromatic N) is 3. The molecular weight excluding hydrogens is 444 g/mol. The number of hydrogen-bond acceptors (Lipinski definition) is 9. The Morgan fingerprint density at radius 2 is 1.72 bits per heavy atom. The van der Waals surface area contributed by atoms with E-state index in [9.17, 15) is 9.90 Å². The van der Waals surface area contributed by atoms with E-state index in [4.69, 9.17) is 54.1 Å². The molecule has 0 spiro atoms. The number of nitrogen functional groups attached to an aromatic ring is 1. The van der Waals surface area contributed by atoms with Crippen LogP contribution in [0, 0.1) is 0 Å². The second kappa shape index (κ2) is 9.84. The second-order valence-electron chi connectivity index (χ2n) is 5.42. The first-order chi connectivity index (χ1) is 13.1. The average Bonchev–Trinajstić information content (AvgIpc) is 3.06. The zero-order valence-electron chi connectivity index (χ0n) is 14.2. The first-order valence-corrected chi connectivity index (χ1v) is 10.5. The van der Waals surface area contributed by atoms with E-state index >= 15 is 0 Å². The largest absolute Gasteiger partial charge is 0.466 e. The van der Waals surface area contributed by atoms with Crippen molar-refractivity contribution in [1.82, 2.24) is 19.5 Å². The monoisotopic (exact) mass is 463 g/mol. The molecule has 29 heavy (non-hydrogen) atoms. The maximum atomic E-state index is 11.6. The summed E-state index contributed by atoms with van der Waals surface area (Å²) in [6.07, 6.45) is -0.270. The third kappa shape index (κ3) is 9.07. The molecule has 0 aromatic carbocycles. The Hall–Kier alpha value is -1.75. The number of anilines is 1. The highest BCUT2D eigenvalue weighted by molar-refractivity contribution is 7.45. The Balaban J connectivity index is 0.000000353. The van der Waals surface area contributed by atoms with Crippen molar-refractivity contribution in [3.05, 3.63) is 16.7 Å². The number of nitrogens with one attached hydrogen (secondary N) is 1. The quantitative estimate of drug-likeness (QED) is 0.193. The van der Waals surface area contributed by atoms with E-state index in [1.807, 2.05) is 0 Å². The number of ether oxygens (including phenoxy) is 1. The van der Waals surface area contributed by atoms with Gasteiger partial charge in [-0.05, 0) is 0 Å². The predicted octanol–water partition coefficient (Wildman–Crippen LogP) is -3.51. The lowest BCUT2D eigenvalue weighted by Crippen LogP contribution is -2.24. The molecule has 2 aromatic heterocycles. The number of rotatable bonds is 2. The minimum atomic E-state index is -4.64. The zero-order chi connectivity index (χ0) is 22.6. The van der Waals surface area contributed by atoms with E-state index in [0.717, 1.165) is 0 Å². The SMILES string of the molecule is Nc1nc2c(ncn2C2C[C@H](O)[C@@H](CO)O2)c(=O)[nH]1.O=P(O)(O)O.O=P(O)(O)O. The molecule has 1 fully saturated rings. The van der Waals surface area contributed by atoms with Crippen molar-refractivity contribution in [3.8, 4) is 0 Å². The number of imidazole rings is 1. The molecule has 166 valence electrons. The number of aromatic amines is 1. The molecule has 1 saturated heterocycles. The standard InChI is InChI=1S/C10H13N5O4.2H3O4P/c11-10-13-8-7(9(18)14-10)12-3-15(8)6-1-4(17)5(2-16)19-6;2*1-5(2,3)4/h3-6,16-17H,1-2H2,(H3,11,13,14,18);2*(H3,1,2,3,4)/t4-,5+,6?;;/m0../s1. The molecule has 3 atom stereocenters. The molecule has 0 radical (unpaired) electrons. The van der Waals surface area contributed by atoms with Gasteiger partial charge in [0.25, 0.3) is 5.56 Å². The molecule has 11 N–H and O–H groups in total. The fourth-order valence-corrected chi connectivity index (χ4v) is 2.20. The van der Waals surface area contributed by atoms with Crippen LogP contribution in [0.2, 0.25) is 0 Å². The van der Waals surface area contributed by atoms with Gasteiger partial charge in [-0.3, -0.25) is 14.3 Å². The molecule has 0 amide bonds. The van der Waals surface area contributed by atoms with Gasteiger partial charge in [0.05, 0.1) is 19.0 Å². The molecule has 17 nitrogen and oxygen atoms in total. The van der Waals surface area contributed by atoms with Gasteiger partial charge in [0.15, 0.2) is 11.2 Å². The number of aliphatic hydroxyl groups is 2. The fraction of sp³-hybridized carbons (Fsp3) is 0.500. The Morgan fingerprint density at radius 1 is 1.21 bits per heavy atom. The molecule has 0 aliphatic carbocycles. The van der Waals surface area contributed by atoms with Gasteiger partial charge in [0.1, 0.15) is 12.3 Å². The van der Waals surface area contributed by atoms with Crippen LogP contribution in [0.3, 0.4) is 0 Å². The first kappa shape index (κ1) is 25.3. The zero-order valence-corrected chi connectivity index (χ0v) is 16.0. The highest BCUT2D eigenvalue weighted by atomic mass is 31.2. The van der Waals surface area contributed by atoms with Crippen molar-refractivity contribution in [3.63, 3.8) is 0 Å². The average molecular weight is 463 g/mol. The van der Waals surface area contributed by atoms with E-state index in [-0.39, 0.29) is 30.1 Å². The lowest BCUT2D eigenvalue weighted by atomic mass is 10.2. The van der Waals surface area contributed by atoms with Gasteiger partial charge in [0, 0.05) is 6.42 Å². The molecule has 1 aliphatic rings. The third-order valence-electron chi connectivity index (χ3n) is 3.15. The van der Waals surface area contributed by atoms with Crippen LogP contribution in [0.15, 0.2) is 11.1 Å². The van der Waals surface area contributed by atoms with E-state index < -0.39 is 39.6 Å². The number of nitrogens with two attached hydrogens (primary N) is 1. The smallest absolute Gasteiger partial charge is 0.394 e. The van der Waals surface area contributed by atoms with Crippen LogP contribution in [0.25, 0.3) is 11.2 Å². The van der Waals surface area contributed by atoms with E-state index in [0.29, 0.717) is 0 Å². The van der Waals surface area contributed by atoms with E-state index in [2.05, 4.69) is 15.0 Å². The lowest BCUT2D eigenvalue weighted by Gasteiger charge is -2.13. The summed E-state index contributed by atoms with van der Waals surface area (Å²) in [5.74, 6) is -0.0171. The topological polar surface area (TPSA) is 295 Å². The van der Waals surface area contributed by atoms with Crippen LogP contribution >= 0.6 is 15.6 Å². The molecule has 2 aromatic rings. The molecule has 19 heteroatoms. The summed E-state index contributed by atoms with van der Waals surface area (Å²) in [6.45, 7) is -0.277. The van der Waals surface area contributed by atoms with E-state index in [1.54, 1.807) is 0 Å². The fourth-order valence-electron chi connectivity index (χ4n) is 2.20. The van der Waals surface area contributed by atoms with Crippen molar-refractivity contribution < 1.29 is 53.4 Å². The molecule has 1 unspecified atom stereocenters. The van der Waals surface area contributed by atoms with Crippen molar-refractivity contribution >= 4 is 32.8 Å². The number of aliphatic hydroxyl groups excluding tert-OH is 2. The molecule has 3 rings (SSSR count). The highest BCUT2D eigenvalue weighted by Gasteiger charge is 2.35. The van der Waals surface area contributed by atoms with Gasteiger partial charge in [-0.2, -0.15) is 4.98 Å². The van der Waals surface area contributed by atoms with Crippen LogP contribution in [0.4, 0.5) is 5.95 Å². The Kier molecular flexibility index (Phi) is 8.58. The Labute approximate surface area is 160 Å². The number of phosphoric acid groups is 2. The first-order valence-electron chi connectivity index (χ1n) is 7.33. The summed E-state index contributed by atoms with van der Waals surface area (Å²) < 4.78 is 24.8. The van der Waals surface area contributed by atoms with Gasteiger partial charge >= 0.3 is 15.6 Å². The van der Waals surface area contributed by atoms with Crippen molar-refractivity contribution in [2.75, 3.05) is 12.3 Å². The maximum Gasteiger partial charge on any atom is 0.466 e. The molecule has 1 aliphatic heterocycles.